The topological polar surface area (TPSA) is 71.0 Å². The molecule has 0 radical (unpaired) electrons. The van der Waals surface area contributed by atoms with Crippen LogP contribution < -0.4 is 5.32 Å². The molecule has 0 unspecified atom stereocenters. The van der Waals surface area contributed by atoms with E-state index in [0.29, 0.717) is 23.6 Å². The summed E-state index contributed by atoms with van der Waals surface area (Å²) in [6, 6.07) is 12.1. The van der Waals surface area contributed by atoms with E-state index in [1.54, 1.807) is 54.2 Å². The molecule has 0 bridgehead atoms. The molecule has 0 fully saturated rings. The van der Waals surface area contributed by atoms with Crippen LogP contribution in [0.15, 0.2) is 53.2 Å². The van der Waals surface area contributed by atoms with E-state index >= 15 is 0 Å². The maximum absolute atomic E-state index is 13.6. The van der Waals surface area contributed by atoms with E-state index < -0.39 is 5.91 Å². The summed E-state index contributed by atoms with van der Waals surface area (Å²) in [7, 11) is 0. The van der Waals surface area contributed by atoms with Gasteiger partial charge in [-0.25, -0.2) is 4.39 Å². The molecule has 1 N–H and O–H groups in total. The van der Waals surface area contributed by atoms with Gasteiger partial charge in [0.1, 0.15) is 28.8 Å². The summed E-state index contributed by atoms with van der Waals surface area (Å²) < 4.78 is 20.9. The van der Waals surface area contributed by atoms with Gasteiger partial charge in [0.2, 0.25) is 5.88 Å². The highest BCUT2D eigenvalue weighted by Crippen LogP contribution is 2.25. The number of carbonyl (C=O) groups excluding carboxylic acids is 1. The quantitative estimate of drug-likeness (QED) is 0.776. The molecule has 25 heavy (non-hydrogen) atoms. The maximum atomic E-state index is 13.6. The lowest BCUT2D eigenvalue weighted by Crippen LogP contribution is -2.26. The van der Waals surface area contributed by atoms with Crippen LogP contribution in [0.3, 0.4) is 0 Å². The molecule has 0 aliphatic rings. The first-order valence-corrected chi connectivity index (χ1v) is 7.80. The summed E-state index contributed by atoms with van der Waals surface area (Å²) in [4.78, 5) is 12.5. The van der Waals surface area contributed by atoms with E-state index in [4.69, 9.17) is 4.42 Å². The summed E-state index contributed by atoms with van der Waals surface area (Å²) in [6.45, 7) is 1.90. The van der Waals surface area contributed by atoms with Crippen LogP contribution in [0.4, 0.5) is 4.39 Å². The Morgan fingerprint density at radius 1 is 1.28 bits per heavy atom. The molecular formula is C19H16FN3O2. The number of furan rings is 1. The summed E-state index contributed by atoms with van der Waals surface area (Å²) in [5.74, 6) is -0.0377. The smallest absolute Gasteiger partial charge is 0.256 e. The van der Waals surface area contributed by atoms with Crippen LogP contribution in [0.1, 0.15) is 27.2 Å². The molecule has 5 nitrogen and oxygen atoms in total. The molecule has 6 heteroatoms. The molecule has 1 aromatic carbocycles. The van der Waals surface area contributed by atoms with E-state index in [2.05, 4.69) is 5.32 Å². The monoisotopic (exact) mass is 337 g/mol. The number of halogens is 1. The zero-order chi connectivity index (χ0) is 17.8. The Balaban J connectivity index is 1.76. The first-order chi connectivity index (χ1) is 12.1. The van der Waals surface area contributed by atoms with Gasteiger partial charge in [-0.05, 0) is 37.1 Å². The normalized spacial score (nSPS) is 10.4. The number of nitrogens with one attached hydrogen (secondary N) is 1. The Kier molecular flexibility index (Phi) is 4.66. The maximum Gasteiger partial charge on any atom is 0.256 e. The molecule has 0 spiro atoms. The lowest BCUT2D eigenvalue weighted by Gasteiger charge is -2.06. The van der Waals surface area contributed by atoms with E-state index in [-0.39, 0.29) is 23.5 Å². The Hall–Kier alpha value is -3.33. The average Bonchev–Trinajstić information content (AvgIpc) is 3.23. The number of hydrogen-bond acceptors (Lipinski definition) is 3. The van der Waals surface area contributed by atoms with Gasteiger partial charge in [0.25, 0.3) is 5.91 Å². The van der Waals surface area contributed by atoms with Crippen molar-refractivity contribution in [2.75, 3.05) is 6.54 Å². The summed E-state index contributed by atoms with van der Waals surface area (Å²) in [6.07, 6.45) is 3.83. The minimum atomic E-state index is -0.410. The highest BCUT2D eigenvalue weighted by atomic mass is 19.1. The molecule has 126 valence electrons. The predicted octanol–water partition coefficient (Wildman–Crippen LogP) is 3.36. The van der Waals surface area contributed by atoms with Gasteiger partial charge in [0.15, 0.2) is 0 Å². The second kappa shape index (κ2) is 7.05. The van der Waals surface area contributed by atoms with Gasteiger partial charge >= 0.3 is 0 Å². The molecular weight excluding hydrogens is 321 g/mol. The number of nitrogens with zero attached hydrogens (tertiary/aromatic N) is 2. The van der Waals surface area contributed by atoms with Crippen LogP contribution in [-0.4, -0.2) is 17.0 Å². The van der Waals surface area contributed by atoms with Crippen LogP contribution in [-0.2, 0) is 6.42 Å². The largest absolute Gasteiger partial charge is 0.443 e. The van der Waals surface area contributed by atoms with Crippen molar-refractivity contribution < 1.29 is 13.6 Å². The molecule has 3 aromatic rings. The van der Waals surface area contributed by atoms with Crippen LogP contribution in [0.2, 0.25) is 0 Å². The molecule has 0 aliphatic heterocycles. The first kappa shape index (κ1) is 16.5. The Morgan fingerprint density at radius 2 is 2.00 bits per heavy atom. The standard InChI is InChI=1S/C19H16FN3O2/c1-13-17(15(12-21)19(25-13)23-10-4-5-11-23)18(24)22-9-8-14-6-2-3-7-16(14)20/h2-7,10-11H,8-9H2,1H3,(H,22,24). The zero-order valence-electron chi connectivity index (χ0n) is 13.6. The van der Waals surface area contributed by atoms with Crippen molar-refractivity contribution in [1.82, 2.24) is 9.88 Å². The first-order valence-electron chi connectivity index (χ1n) is 7.80. The summed E-state index contributed by atoms with van der Waals surface area (Å²) >= 11 is 0. The fourth-order valence-corrected chi connectivity index (χ4v) is 2.66. The molecule has 0 atom stereocenters. The number of benzene rings is 1. The van der Waals surface area contributed by atoms with Gasteiger partial charge in [0, 0.05) is 18.9 Å². The third-order valence-electron chi connectivity index (χ3n) is 3.88. The van der Waals surface area contributed by atoms with E-state index in [9.17, 15) is 14.4 Å². The van der Waals surface area contributed by atoms with Crippen LogP contribution >= 0.6 is 0 Å². The summed E-state index contributed by atoms with van der Waals surface area (Å²) in [5, 5.41) is 12.2. The van der Waals surface area contributed by atoms with Crippen molar-refractivity contribution >= 4 is 5.91 Å². The summed E-state index contributed by atoms with van der Waals surface area (Å²) in [5.41, 5.74) is 0.914. The molecule has 1 amide bonds. The fourth-order valence-electron chi connectivity index (χ4n) is 2.66. The van der Waals surface area contributed by atoms with Crippen molar-refractivity contribution in [2.45, 2.75) is 13.3 Å². The second-order valence-electron chi connectivity index (χ2n) is 5.51. The van der Waals surface area contributed by atoms with Crippen LogP contribution in [0.25, 0.3) is 5.88 Å². The molecule has 0 aliphatic carbocycles. The van der Waals surface area contributed by atoms with E-state index in [1.807, 2.05) is 6.07 Å². The van der Waals surface area contributed by atoms with Crippen LogP contribution in [0, 0.1) is 24.1 Å². The van der Waals surface area contributed by atoms with E-state index in [0.717, 1.165) is 0 Å². The van der Waals surface area contributed by atoms with Gasteiger partial charge < -0.3 is 9.73 Å². The third-order valence-corrected chi connectivity index (χ3v) is 3.88. The highest BCUT2D eigenvalue weighted by Gasteiger charge is 2.24. The second-order valence-corrected chi connectivity index (χ2v) is 5.51. The highest BCUT2D eigenvalue weighted by molar-refractivity contribution is 5.98. The average molecular weight is 337 g/mol. The zero-order valence-corrected chi connectivity index (χ0v) is 13.6. The predicted molar refractivity (Wildman–Crippen MR) is 89.9 cm³/mol. The lowest BCUT2D eigenvalue weighted by molar-refractivity contribution is 0.0952. The minimum absolute atomic E-state index is 0.178. The molecule has 0 saturated carbocycles. The van der Waals surface area contributed by atoms with Gasteiger partial charge in [-0.15, -0.1) is 0 Å². The molecule has 2 aromatic heterocycles. The number of nitriles is 1. The van der Waals surface area contributed by atoms with Crippen molar-refractivity contribution in [1.29, 1.82) is 5.26 Å². The third kappa shape index (κ3) is 3.31. The Morgan fingerprint density at radius 3 is 2.68 bits per heavy atom. The van der Waals surface area contributed by atoms with Crippen LogP contribution in [0.5, 0.6) is 0 Å². The van der Waals surface area contributed by atoms with Gasteiger partial charge in [-0.3, -0.25) is 9.36 Å². The number of rotatable bonds is 5. The molecule has 0 saturated heterocycles. The van der Waals surface area contributed by atoms with Crippen molar-refractivity contribution in [3.05, 3.63) is 77.1 Å². The number of aromatic nitrogens is 1. The van der Waals surface area contributed by atoms with Gasteiger partial charge in [-0.2, -0.15) is 5.26 Å². The van der Waals surface area contributed by atoms with Crippen molar-refractivity contribution in [3.63, 3.8) is 0 Å². The van der Waals surface area contributed by atoms with Gasteiger partial charge in [-0.1, -0.05) is 18.2 Å². The number of hydrogen-bond donors (Lipinski definition) is 1. The lowest BCUT2D eigenvalue weighted by atomic mass is 10.1. The SMILES string of the molecule is Cc1oc(-n2cccc2)c(C#N)c1C(=O)NCCc1ccccc1F. The number of aryl methyl sites for hydroxylation is 1. The number of amides is 1. The Bertz CT molecular complexity index is 936. The van der Waals surface area contributed by atoms with Crippen molar-refractivity contribution in [3.8, 4) is 12.0 Å². The van der Waals surface area contributed by atoms with Gasteiger partial charge in [0.05, 0.1) is 0 Å². The molecule has 2 heterocycles. The minimum Gasteiger partial charge on any atom is -0.443 e. The fraction of sp³-hybridized carbons (Fsp3) is 0.158. The number of carbonyl (C=O) groups is 1. The molecule has 3 rings (SSSR count). The van der Waals surface area contributed by atoms with E-state index in [1.165, 1.54) is 6.07 Å². The Labute approximate surface area is 144 Å². The van der Waals surface area contributed by atoms with Crippen molar-refractivity contribution in [2.24, 2.45) is 0 Å².